The lowest BCUT2D eigenvalue weighted by atomic mass is 9.88. The molecule has 0 fully saturated rings. The molecule has 0 aliphatic heterocycles. The van der Waals surface area contributed by atoms with Crippen LogP contribution in [0.5, 0.6) is 0 Å². The Morgan fingerprint density at radius 2 is 1.12 bits per heavy atom. The maximum absolute atomic E-state index is 5.18. The molecule has 0 aliphatic rings. The fourth-order valence-corrected chi connectivity index (χ4v) is 6.34. The molecule has 0 saturated carbocycles. The minimum atomic E-state index is 0.671. The Hall–Kier alpha value is -0.890. The average Bonchev–Trinajstić information content (AvgIpc) is 3.26. The Bertz CT molecular complexity index is 722. The topological polar surface area (TPSA) is 12.9 Å². The number of benzene rings is 1. The van der Waals surface area contributed by atoms with Crippen LogP contribution in [0.4, 0.5) is 0 Å². The largest absolute Gasteiger partial charge is 0.241 e. The first-order valence-electron chi connectivity index (χ1n) is 14.6. The van der Waals surface area contributed by atoms with Crippen molar-refractivity contribution in [2.24, 2.45) is 0 Å². The SMILES string of the molecule is CCCCCCC(CCCC)c1ccc2nc(C(CCCCCC)CCCCCC)sc2c1. The lowest BCUT2D eigenvalue weighted by Crippen LogP contribution is -1.99. The van der Waals surface area contributed by atoms with Gasteiger partial charge < -0.3 is 0 Å². The number of unbranched alkanes of at least 4 members (excludes halogenated alkanes) is 10. The first-order chi connectivity index (χ1) is 16.2. The summed E-state index contributed by atoms with van der Waals surface area (Å²) in [5.74, 6) is 1.40. The van der Waals surface area contributed by atoms with E-state index in [-0.39, 0.29) is 0 Å². The van der Waals surface area contributed by atoms with E-state index in [1.807, 2.05) is 11.3 Å². The maximum Gasteiger partial charge on any atom is 0.0969 e. The summed E-state index contributed by atoms with van der Waals surface area (Å²) >= 11 is 2.01. The number of rotatable bonds is 20. The summed E-state index contributed by atoms with van der Waals surface area (Å²) in [6.07, 6.45) is 24.4. The van der Waals surface area contributed by atoms with Crippen molar-refractivity contribution in [3.05, 3.63) is 28.8 Å². The minimum Gasteiger partial charge on any atom is -0.241 e. The van der Waals surface area contributed by atoms with Crippen LogP contribution in [0.25, 0.3) is 10.2 Å². The van der Waals surface area contributed by atoms with Crippen molar-refractivity contribution < 1.29 is 0 Å². The molecule has 0 aliphatic carbocycles. The number of fused-ring (bicyclic) bond motifs is 1. The lowest BCUT2D eigenvalue weighted by Gasteiger charge is -2.17. The van der Waals surface area contributed by atoms with Gasteiger partial charge in [-0.2, -0.15) is 0 Å². The Kier molecular flexibility index (Phi) is 15.1. The van der Waals surface area contributed by atoms with Crippen molar-refractivity contribution in [3.63, 3.8) is 0 Å². The van der Waals surface area contributed by atoms with Gasteiger partial charge in [0.15, 0.2) is 0 Å². The maximum atomic E-state index is 5.18. The molecule has 0 radical (unpaired) electrons. The van der Waals surface area contributed by atoms with Crippen LogP contribution in [-0.2, 0) is 0 Å². The van der Waals surface area contributed by atoms with Gasteiger partial charge in [0.05, 0.1) is 15.2 Å². The van der Waals surface area contributed by atoms with Gasteiger partial charge in [0, 0.05) is 5.92 Å². The molecule has 1 unspecified atom stereocenters. The van der Waals surface area contributed by atoms with Crippen molar-refractivity contribution in [2.45, 2.75) is 155 Å². The number of nitrogens with zero attached hydrogens (tertiary/aromatic N) is 1. The van der Waals surface area contributed by atoms with E-state index in [2.05, 4.69) is 45.9 Å². The minimum absolute atomic E-state index is 0.671. The van der Waals surface area contributed by atoms with Crippen LogP contribution < -0.4 is 0 Å². The summed E-state index contributed by atoms with van der Waals surface area (Å²) in [7, 11) is 0. The molecule has 0 spiro atoms. The predicted octanol–water partition coefficient (Wildman–Crippen LogP) is 11.6. The van der Waals surface area contributed by atoms with E-state index >= 15 is 0 Å². The van der Waals surface area contributed by atoms with E-state index in [9.17, 15) is 0 Å². The summed E-state index contributed by atoms with van der Waals surface area (Å²) < 4.78 is 1.43. The summed E-state index contributed by atoms with van der Waals surface area (Å²) in [4.78, 5) is 5.18. The van der Waals surface area contributed by atoms with Crippen LogP contribution in [-0.4, -0.2) is 4.98 Å². The Balaban J connectivity index is 2.12. The summed E-state index contributed by atoms with van der Waals surface area (Å²) in [5, 5.41) is 1.42. The molecule has 2 aromatic rings. The Labute approximate surface area is 210 Å². The highest BCUT2D eigenvalue weighted by atomic mass is 32.1. The molecule has 1 aromatic heterocycles. The molecule has 2 heteroatoms. The third-order valence-corrected chi connectivity index (χ3v) is 8.55. The summed E-state index contributed by atoms with van der Waals surface area (Å²) in [6, 6.07) is 7.26. The zero-order valence-corrected chi connectivity index (χ0v) is 23.3. The van der Waals surface area contributed by atoms with E-state index < -0.39 is 0 Å². The van der Waals surface area contributed by atoms with Gasteiger partial charge in [-0.3, -0.25) is 0 Å². The van der Waals surface area contributed by atoms with Gasteiger partial charge in [-0.25, -0.2) is 4.98 Å². The van der Waals surface area contributed by atoms with Gasteiger partial charge in [0.1, 0.15) is 0 Å². The molecule has 1 atom stereocenters. The number of hydrogen-bond acceptors (Lipinski definition) is 2. The summed E-state index contributed by atoms with van der Waals surface area (Å²) in [6.45, 7) is 9.26. The van der Waals surface area contributed by atoms with E-state index in [1.165, 1.54) is 131 Å². The predicted molar refractivity (Wildman–Crippen MR) is 151 cm³/mol. The van der Waals surface area contributed by atoms with Crippen LogP contribution >= 0.6 is 11.3 Å². The van der Waals surface area contributed by atoms with Gasteiger partial charge in [-0.05, 0) is 49.3 Å². The first kappa shape index (κ1) is 28.3. The zero-order chi connectivity index (χ0) is 23.7. The lowest BCUT2D eigenvalue weighted by molar-refractivity contribution is 0.495. The van der Waals surface area contributed by atoms with Crippen molar-refractivity contribution in [1.82, 2.24) is 4.98 Å². The van der Waals surface area contributed by atoms with E-state index in [1.54, 1.807) is 5.56 Å². The number of thiazole rings is 1. The fourth-order valence-electron chi connectivity index (χ4n) is 5.16. The smallest absolute Gasteiger partial charge is 0.0969 e. The second kappa shape index (κ2) is 17.5. The fraction of sp³-hybridized carbons (Fsp3) is 0.774. The molecular weight excluding hydrogens is 418 g/mol. The molecule has 0 N–H and O–H groups in total. The van der Waals surface area contributed by atoms with Gasteiger partial charge in [0.2, 0.25) is 0 Å². The number of hydrogen-bond donors (Lipinski definition) is 0. The Morgan fingerprint density at radius 3 is 1.67 bits per heavy atom. The first-order valence-corrected chi connectivity index (χ1v) is 15.4. The second-order valence-corrected chi connectivity index (χ2v) is 11.4. The Morgan fingerprint density at radius 1 is 0.606 bits per heavy atom. The molecule has 33 heavy (non-hydrogen) atoms. The van der Waals surface area contributed by atoms with Crippen molar-refractivity contribution in [3.8, 4) is 0 Å². The highest BCUT2D eigenvalue weighted by Gasteiger charge is 2.18. The number of aromatic nitrogens is 1. The van der Waals surface area contributed by atoms with Crippen LogP contribution in [0.3, 0.4) is 0 Å². The molecular formula is C31H53NS. The molecule has 0 bridgehead atoms. The van der Waals surface area contributed by atoms with Crippen molar-refractivity contribution in [1.29, 1.82) is 0 Å². The highest BCUT2D eigenvalue weighted by Crippen LogP contribution is 2.37. The normalized spacial score (nSPS) is 12.8. The summed E-state index contributed by atoms with van der Waals surface area (Å²) in [5.41, 5.74) is 2.82. The van der Waals surface area contributed by atoms with E-state index in [4.69, 9.17) is 4.98 Å². The van der Waals surface area contributed by atoms with Gasteiger partial charge in [0.25, 0.3) is 0 Å². The highest BCUT2D eigenvalue weighted by molar-refractivity contribution is 7.18. The third-order valence-electron chi connectivity index (χ3n) is 7.37. The van der Waals surface area contributed by atoms with Crippen LogP contribution in [0.2, 0.25) is 0 Å². The zero-order valence-electron chi connectivity index (χ0n) is 22.5. The quantitative estimate of drug-likeness (QED) is 0.175. The molecule has 1 aromatic carbocycles. The molecule has 1 nitrogen and oxygen atoms in total. The average molecular weight is 472 g/mol. The van der Waals surface area contributed by atoms with Crippen LogP contribution in [0.1, 0.15) is 166 Å². The second-order valence-electron chi connectivity index (χ2n) is 10.4. The van der Waals surface area contributed by atoms with Crippen LogP contribution in [0, 0.1) is 0 Å². The van der Waals surface area contributed by atoms with Gasteiger partial charge >= 0.3 is 0 Å². The molecule has 188 valence electrons. The molecule has 0 amide bonds. The van der Waals surface area contributed by atoms with Crippen LogP contribution in [0.15, 0.2) is 18.2 Å². The van der Waals surface area contributed by atoms with Crippen molar-refractivity contribution in [2.75, 3.05) is 0 Å². The molecule has 0 saturated heterocycles. The monoisotopic (exact) mass is 471 g/mol. The van der Waals surface area contributed by atoms with Gasteiger partial charge in [-0.1, -0.05) is 124 Å². The standard InChI is InChI=1S/C31H53NS/c1-5-9-13-16-20-26(19-12-8-4)28-23-24-29-30(25-28)33-31(32-29)27(21-17-14-10-6-2)22-18-15-11-7-3/h23-27H,5-22H2,1-4H3. The van der Waals surface area contributed by atoms with E-state index in [0.717, 1.165) is 5.92 Å². The van der Waals surface area contributed by atoms with Crippen molar-refractivity contribution >= 4 is 21.6 Å². The molecule has 2 rings (SSSR count). The van der Waals surface area contributed by atoms with Gasteiger partial charge in [-0.15, -0.1) is 11.3 Å². The third kappa shape index (κ3) is 10.5. The molecule has 1 heterocycles. The van der Waals surface area contributed by atoms with E-state index in [0.29, 0.717) is 5.92 Å².